The Bertz CT molecular complexity index is 406. The van der Waals surface area contributed by atoms with Crippen LogP contribution in [-0.4, -0.2) is 24.2 Å². The Balaban J connectivity index is 3.21. The number of ether oxygens (including phenoxy) is 1. The van der Waals surface area contributed by atoms with Gasteiger partial charge in [-0.05, 0) is 11.6 Å². The predicted octanol–water partition coefficient (Wildman–Crippen LogP) is 1.45. The third kappa shape index (κ3) is 2.63. The van der Waals surface area contributed by atoms with E-state index in [0.29, 0.717) is 5.56 Å². The van der Waals surface area contributed by atoms with E-state index in [-0.39, 0.29) is 6.61 Å². The van der Waals surface area contributed by atoms with Crippen LogP contribution in [0.5, 0.6) is 0 Å². The molecular weight excluding hydrogens is 208 g/mol. The maximum absolute atomic E-state index is 12.4. The number of hydrogen-bond donors (Lipinski definition) is 0. The molecule has 15 heavy (non-hydrogen) atoms. The molecule has 6 heteroatoms. The zero-order chi connectivity index (χ0) is 11.4. The third-order valence-electron chi connectivity index (χ3n) is 1.65. The lowest BCUT2D eigenvalue weighted by Crippen LogP contribution is -2.07. The highest BCUT2D eigenvalue weighted by atomic mass is 19.1. The maximum atomic E-state index is 12.4. The number of nitrogens with zero attached hydrogens (tertiary/aromatic N) is 1. The first kappa shape index (κ1) is 11.4. The topological polar surface area (TPSA) is 56.3 Å². The van der Waals surface area contributed by atoms with E-state index in [9.17, 15) is 18.4 Å². The average Bonchev–Trinajstić information content (AvgIpc) is 2.17. The maximum Gasteiger partial charge on any atom is 0.351 e. The van der Waals surface area contributed by atoms with Crippen molar-refractivity contribution in [3.05, 3.63) is 29.1 Å². The van der Waals surface area contributed by atoms with Gasteiger partial charge < -0.3 is 4.74 Å². The molecule has 0 fully saturated rings. The summed E-state index contributed by atoms with van der Waals surface area (Å²) >= 11 is 0. The normalized spacial score (nSPS) is 10.1. The van der Waals surface area contributed by atoms with Crippen LogP contribution in [-0.2, 0) is 11.3 Å². The van der Waals surface area contributed by atoms with Crippen molar-refractivity contribution >= 4 is 12.1 Å². The summed E-state index contributed by atoms with van der Waals surface area (Å²) in [6, 6.07) is -2.81. The van der Waals surface area contributed by atoms with E-state index in [2.05, 4.69) is 4.98 Å². The number of carbonyl (C=O) groups is 2. The first-order chi connectivity index (χ1) is 7.06. The fraction of sp³-hybridized carbons (Fsp3) is 0.222. The van der Waals surface area contributed by atoms with Crippen LogP contribution in [0, 0.1) is 0 Å². The smallest absolute Gasteiger partial charge is 0.351 e. The molecule has 1 aromatic rings. The van der Waals surface area contributed by atoms with Crippen LogP contribution in [0.4, 0.5) is 8.78 Å². The van der Waals surface area contributed by atoms with Gasteiger partial charge in [-0.25, -0.2) is 4.98 Å². The first-order valence-electron chi connectivity index (χ1n) is 3.93. The lowest BCUT2D eigenvalue weighted by Gasteiger charge is -2.02. The molecule has 0 aliphatic carbocycles. The van der Waals surface area contributed by atoms with Crippen molar-refractivity contribution in [2.24, 2.45) is 0 Å². The van der Waals surface area contributed by atoms with Crippen molar-refractivity contribution in [2.45, 2.75) is 6.61 Å². The Kier molecular flexibility index (Phi) is 3.56. The molecule has 0 aliphatic heterocycles. The predicted molar refractivity (Wildman–Crippen MR) is 45.8 cm³/mol. The van der Waals surface area contributed by atoms with Gasteiger partial charge in [0.25, 0.3) is 0 Å². The van der Waals surface area contributed by atoms with Crippen LogP contribution in [0.2, 0.25) is 0 Å². The molecule has 0 saturated heterocycles. The van der Waals surface area contributed by atoms with Crippen LogP contribution in [0.15, 0.2) is 12.3 Å². The summed E-state index contributed by atoms with van der Waals surface area (Å²) in [5.41, 5.74) is -1.12. The first-order valence-corrected chi connectivity index (χ1v) is 3.93. The van der Waals surface area contributed by atoms with Crippen molar-refractivity contribution in [3.63, 3.8) is 0 Å². The van der Waals surface area contributed by atoms with Crippen LogP contribution in [0.1, 0.15) is 26.4 Å². The highest BCUT2D eigenvalue weighted by Crippen LogP contribution is 2.12. The monoisotopic (exact) mass is 215 g/mol. The summed E-state index contributed by atoms with van der Waals surface area (Å²) in [5.74, 6) is 0. The van der Waals surface area contributed by atoms with Crippen molar-refractivity contribution < 1.29 is 23.1 Å². The standard InChI is InChI=1S/C9H7F2NO3/c1-15-4-5-2-6(8(10)13)7(9(11)14)12-3-5/h2-3H,4H2,1H3. The SMILES string of the molecule is COCc1cnc(C(=O)F)c(C(=O)F)c1. The van der Waals surface area contributed by atoms with Crippen LogP contribution in [0.3, 0.4) is 0 Å². The van der Waals surface area contributed by atoms with Gasteiger partial charge in [-0.3, -0.25) is 9.59 Å². The molecule has 1 heterocycles. The Morgan fingerprint density at radius 3 is 2.53 bits per heavy atom. The molecule has 0 amide bonds. The number of methoxy groups -OCH3 is 1. The highest BCUT2D eigenvalue weighted by molar-refractivity contribution is 6.00. The fourth-order valence-corrected chi connectivity index (χ4v) is 1.06. The molecule has 0 spiro atoms. The summed E-state index contributed by atoms with van der Waals surface area (Å²) in [4.78, 5) is 24.2. The van der Waals surface area contributed by atoms with E-state index in [0.717, 1.165) is 12.3 Å². The molecule has 4 nitrogen and oxygen atoms in total. The van der Waals surface area contributed by atoms with E-state index < -0.39 is 23.3 Å². The summed E-state index contributed by atoms with van der Waals surface area (Å²) in [6.07, 6.45) is 1.14. The van der Waals surface area contributed by atoms with Gasteiger partial charge in [0, 0.05) is 13.3 Å². The zero-order valence-corrected chi connectivity index (χ0v) is 7.79. The number of halogens is 2. The summed E-state index contributed by atoms with van der Waals surface area (Å²) in [6.45, 7) is 0.0913. The van der Waals surface area contributed by atoms with Gasteiger partial charge in [0.2, 0.25) is 0 Å². The summed E-state index contributed by atoms with van der Waals surface area (Å²) in [5, 5.41) is 0. The molecule has 0 saturated carbocycles. The van der Waals surface area contributed by atoms with E-state index in [4.69, 9.17) is 4.74 Å². The average molecular weight is 215 g/mol. The second-order valence-electron chi connectivity index (χ2n) is 2.72. The number of rotatable bonds is 4. The minimum atomic E-state index is -1.94. The number of pyridine rings is 1. The van der Waals surface area contributed by atoms with E-state index >= 15 is 0 Å². The van der Waals surface area contributed by atoms with Gasteiger partial charge in [0.05, 0.1) is 12.2 Å². The van der Waals surface area contributed by atoms with Crippen LogP contribution < -0.4 is 0 Å². The largest absolute Gasteiger partial charge is 0.380 e. The zero-order valence-electron chi connectivity index (χ0n) is 7.79. The molecule has 0 N–H and O–H groups in total. The molecule has 1 rings (SSSR count). The highest BCUT2D eigenvalue weighted by Gasteiger charge is 2.18. The lowest BCUT2D eigenvalue weighted by molar-refractivity contribution is 0.0790. The van der Waals surface area contributed by atoms with Gasteiger partial charge in [-0.2, -0.15) is 8.78 Å². The van der Waals surface area contributed by atoms with Crippen molar-refractivity contribution in [2.75, 3.05) is 7.11 Å². The Morgan fingerprint density at radius 1 is 1.40 bits per heavy atom. The van der Waals surface area contributed by atoms with Crippen LogP contribution in [0.25, 0.3) is 0 Å². The molecule has 0 radical (unpaired) electrons. The van der Waals surface area contributed by atoms with Gasteiger partial charge in [0.15, 0.2) is 5.69 Å². The molecule has 0 unspecified atom stereocenters. The van der Waals surface area contributed by atoms with Gasteiger partial charge >= 0.3 is 12.1 Å². The minimum Gasteiger partial charge on any atom is -0.380 e. The number of carbonyl (C=O) groups excluding carboxylic acids is 2. The van der Waals surface area contributed by atoms with Gasteiger partial charge in [-0.1, -0.05) is 0 Å². The van der Waals surface area contributed by atoms with Crippen molar-refractivity contribution in [1.82, 2.24) is 4.98 Å². The second-order valence-corrected chi connectivity index (χ2v) is 2.72. The molecule has 80 valence electrons. The lowest BCUT2D eigenvalue weighted by atomic mass is 10.1. The molecule has 0 aromatic carbocycles. The summed E-state index contributed by atoms with van der Waals surface area (Å²) in [7, 11) is 1.39. The number of hydrogen-bond acceptors (Lipinski definition) is 4. The van der Waals surface area contributed by atoms with E-state index in [1.54, 1.807) is 0 Å². The van der Waals surface area contributed by atoms with Crippen molar-refractivity contribution in [1.29, 1.82) is 0 Å². The quantitative estimate of drug-likeness (QED) is 0.713. The molecule has 0 aliphatic rings. The Morgan fingerprint density at radius 2 is 2.07 bits per heavy atom. The summed E-state index contributed by atoms with van der Waals surface area (Å²) < 4.78 is 29.5. The van der Waals surface area contributed by atoms with Crippen LogP contribution >= 0.6 is 0 Å². The fourth-order valence-electron chi connectivity index (χ4n) is 1.06. The molecular formula is C9H7F2NO3. The van der Waals surface area contributed by atoms with Crippen molar-refractivity contribution in [3.8, 4) is 0 Å². The second kappa shape index (κ2) is 4.70. The van der Waals surface area contributed by atoms with E-state index in [1.165, 1.54) is 7.11 Å². The minimum absolute atomic E-state index is 0.0913. The molecule has 0 atom stereocenters. The van der Waals surface area contributed by atoms with E-state index in [1.807, 2.05) is 0 Å². The van der Waals surface area contributed by atoms with Gasteiger partial charge in [-0.15, -0.1) is 0 Å². The third-order valence-corrected chi connectivity index (χ3v) is 1.65. The Labute approximate surface area is 83.9 Å². The number of aromatic nitrogens is 1. The molecule has 1 aromatic heterocycles. The molecule has 0 bridgehead atoms. The Hall–Kier alpha value is -1.69. The van der Waals surface area contributed by atoms with Gasteiger partial charge in [0.1, 0.15) is 0 Å².